The third kappa shape index (κ3) is 1.36. The van der Waals surface area contributed by atoms with Crippen molar-refractivity contribution in [3.05, 3.63) is 36.1 Å². The molecule has 2 nitrogen and oxygen atoms in total. The average Bonchev–Trinajstić information content (AvgIpc) is 2.24. The van der Waals surface area contributed by atoms with Gasteiger partial charge in [-0.2, -0.15) is 0 Å². The highest BCUT2D eigenvalue weighted by Gasteiger charge is 2.40. The molecule has 0 bridgehead atoms. The average molecular weight is 203 g/mol. The van der Waals surface area contributed by atoms with Crippen molar-refractivity contribution in [3.8, 4) is 0 Å². The Balaban J connectivity index is 2.43. The molecule has 0 spiro atoms. The summed E-state index contributed by atoms with van der Waals surface area (Å²) in [5, 5.41) is 0. The smallest absolute Gasteiger partial charge is 0.226 e. The monoisotopic (exact) mass is 203 g/mol. The van der Waals surface area contributed by atoms with Gasteiger partial charge in [0.05, 0.1) is 0 Å². The van der Waals surface area contributed by atoms with Gasteiger partial charge in [-0.15, -0.1) is 0 Å². The van der Waals surface area contributed by atoms with Gasteiger partial charge in [-0.3, -0.25) is 4.79 Å². The van der Waals surface area contributed by atoms with E-state index in [1.807, 2.05) is 13.1 Å². The molecule has 0 N–H and O–H groups in total. The van der Waals surface area contributed by atoms with Crippen LogP contribution in [0.2, 0.25) is 0 Å². The van der Waals surface area contributed by atoms with E-state index in [2.05, 4.69) is 25.7 Å². The highest BCUT2D eigenvalue weighted by molar-refractivity contribution is 5.80. The van der Waals surface area contributed by atoms with E-state index in [9.17, 15) is 4.79 Å². The molecule has 1 heterocycles. The van der Waals surface area contributed by atoms with Crippen molar-refractivity contribution in [2.75, 3.05) is 7.05 Å². The fraction of sp³-hybridized carbons (Fsp3) is 0.462. The Labute approximate surface area is 91.0 Å². The van der Waals surface area contributed by atoms with E-state index in [0.717, 1.165) is 18.5 Å². The van der Waals surface area contributed by atoms with Crippen LogP contribution >= 0.6 is 0 Å². The van der Waals surface area contributed by atoms with Gasteiger partial charge in [0.15, 0.2) is 0 Å². The Hall–Kier alpha value is -1.31. The molecule has 2 heteroatoms. The van der Waals surface area contributed by atoms with Crippen LogP contribution < -0.4 is 0 Å². The van der Waals surface area contributed by atoms with Crippen molar-refractivity contribution >= 4 is 5.91 Å². The molecule has 2 aliphatic rings. The van der Waals surface area contributed by atoms with E-state index < -0.39 is 0 Å². The Bertz CT molecular complexity index is 378. The van der Waals surface area contributed by atoms with Crippen LogP contribution in [0.15, 0.2) is 36.1 Å². The van der Waals surface area contributed by atoms with Crippen molar-refractivity contribution < 1.29 is 4.79 Å². The summed E-state index contributed by atoms with van der Waals surface area (Å²) in [5.41, 5.74) is 2.42. The quantitative estimate of drug-likeness (QED) is 0.641. The summed E-state index contributed by atoms with van der Waals surface area (Å²) in [6, 6.07) is 0. The van der Waals surface area contributed by atoms with E-state index >= 15 is 0 Å². The molecular weight excluding hydrogens is 186 g/mol. The Morgan fingerprint density at radius 1 is 1.53 bits per heavy atom. The summed E-state index contributed by atoms with van der Waals surface area (Å²) in [4.78, 5) is 13.4. The highest BCUT2D eigenvalue weighted by atomic mass is 16.2. The number of amides is 1. The Morgan fingerprint density at radius 2 is 2.27 bits per heavy atom. The van der Waals surface area contributed by atoms with E-state index in [0.29, 0.717) is 6.42 Å². The van der Waals surface area contributed by atoms with Crippen LogP contribution in [0.5, 0.6) is 0 Å². The second-order valence-corrected chi connectivity index (χ2v) is 4.47. The van der Waals surface area contributed by atoms with Crippen LogP contribution in [-0.2, 0) is 4.79 Å². The first-order valence-corrected chi connectivity index (χ1v) is 5.40. The molecule has 80 valence electrons. The number of carbonyl (C=O) groups is 1. The largest absolute Gasteiger partial charge is 0.319 e. The van der Waals surface area contributed by atoms with Crippen molar-refractivity contribution in [1.29, 1.82) is 0 Å². The van der Waals surface area contributed by atoms with E-state index in [4.69, 9.17) is 0 Å². The van der Waals surface area contributed by atoms with Gasteiger partial charge in [0, 0.05) is 24.6 Å². The third-order valence-corrected chi connectivity index (χ3v) is 3.65. The van der Waals surface area contributed by atoms with Gasteiger partial charge in [0.1, 0.15) is 0 Å². The van der Waals surface area contributed by atoms with Crippen LogP contribution in [0.25, 0.3) is 0 Å². The van der Waals surface area contributed by atoms with E-state index in [-0.39, 0.29) is 11.3 Å². The number of likely N-dealkylation sites (tertiary alicyclic amines) is 1. The van der Waals surface area contributed by atoms with Gasteiger partial charge in [0.2, 0.25) is 5.91 Å². The number of hydrogen-bond acceptors (Lipinski definition) is 1. The minimum absolute atomic E-state index is 0.00264. The number of nitrogens with zero attached hydrogens (tertiary/aromatic N) is 1. The van der Waals surface area contributed by atoms with Gasteiger partial charge < -0.3 is 4.90 Å². The molecule has 1 fully saturated rings. The van der Waals surface area contributed by atoms with Gasteiger partial charge in [-0.1, -0.05) is 24.8 Å². The maximum atomic E-state index is 11.6. The van der Waals surface area contributed by atoms with Crippen molar-refractivity contribution in [2.24, 2.45) is 5.41 Å². The first-order chi connectivity index (χ1) is 7.09. The topological polar surface area (TPSA) is 20.3 Å². The van der Waals surface area contributed by atoms with Crippen LogP contribution in [-0.4, -0.2) is 17.9 Å². The number of allylic oxidation sites excluding steroid dienone is 4. The maximum Gasteiger partial charge on any atom is 0.226 e. The molecule has 2 rings (SSSR count). The minimum atomic E-state index is 0.00264. The molecule has 15 heavy (non-hydrogen) atoms. The van der Waals surface area contributed by atoms with Crippen LogP contribution in [0.4, 0.5) is 0 Å². The molecule has 0 aromatic carbocycles. The van der Waals surface area contributed by atoms with Crippen molar-refractivity contribution in [1.82, 2.24) is 4.90 Å². The maximum absolute atomic E-state index is 11.6. The molecule has 1 aliphatic heterocycles. The molecular formula is C13H17NO. The summed E-state index contributed by atoms with van der Waals surface area (Å²) < 4.78 is 0. The molecule has 0 aromatic rings. The predicted molar refractivity (Wildman–Crippen MR) is 61.1 cm³/mol. The lowest BCUT2D eigenvalue weighted by Gasteiger charge is -2.44. The van der Waals surface area contributed by atoms with Gasteiger partial charge in [-0.25, -0.2) is 0 Å². The minimum Gasteiger partial charge on any atom is -0.319 e. The Morgan fingerprint density at radius 3 is 2.93 bits per heavy atom. The van der Waals surface area contributed by atoms with Crippen molar-refractivity contribution in [2.45, 2.75) is 26.2 Å². The van der Waals surface area contributed by atoms with Crippen LogP contribution in [0.1, 0.15) is 26.2 Å². The van der Waals surface area contributed by atoms with Gasteiger partial charge in [-0.05, 0) is 25.3 Å². The van der Waals surface area contributed by atoms with E-state index in [1.54, 1.807) is 4.90 Å². The van der Waals surface area contributed by atoms with Crippen molar-refractivity contribution in [3.63, 3.8) is 0 Å². The number of rotatable bonds is 1. The number of carbonyl (C=O) groups excluding carboxylic acids is 1. The summed E-state index contributed by atoms with van der Waals surface area (Å²) >= 11 is 0. The summed E-state index contributed by atoms with van der Waals surface area (Å²) in [6.07, 6.45) is 8.74. The molecule has 0 radical (unpaired) electrons. The van der Waals surface area contributed by atoms with Crippen LogP contribution in [0.3, 0.4) is 0 Å². The SMILES string of the molecule is C=CC1=CCC=C2N(C)C(=O)CC[C@]12C. The second kappa shape index (κ2) is 3.37. The normalized spacial score (nSPS) is 30.5. The van der Waals surface area contributed by atoms with Crippen LogP contribution in [0, 0.1) is 5.41 Å². The predicted octanol–water partition coefficient (Wildman–Crippen LogP) is 2.64. The first-order valence-electron chi connectivity index (χ1n) is 5.40. The number of hydrogen-bond donors (Lipinski definition) is 0. The molecule has 0 unspecified atom stereocenters. The van der Waals surface area contributed by atoms with E-state index in [1.165, 1.54) is 5.57 Å². The molecule has 1 atom stereocenters. The number of fused-ring (bicyclic) bond motifs is 1. The standard InChI is InChI=1S/C13H17NO/c1-4-10-6-5-7-11-13(10,2)9-8-12(15)14(11)3/h4,6-7H,1,5,8-9H2,2-3H3/t13-/m1/s1. The zero-order valence-corrected chi connectivity index (χ0v) is 9.42. The first kappa shape index (κ1) is 10.2. The third-order valence-electron chi connectivity index (χ3n) is 3.65. The zero-order chi connectivity index (χ0) is 11.1. The highest BCUT2D eigenvalue weighted by Crippen LogP contribution is 2.47. The number of piperidine rings is 1. The summed E-state index contributed by atoms with van der Waals surface area (Å²) in [6.45, 7) is 6.07. The zero-order valence-electron chi connectivity index (χ0n) is 9.42. The molecule has 1 aliphatic carbocycles. The molecule has 1 amide bonds. The lowest BCUT2D eigenvalue weighted by Crippen LogP contribution is -2.42. The second-order valence-electron chi connectivity index (χ2n) is 4.47. The summed E-state index contributed by atoms with van der Waals surface area (Å²) in [7, 11) is 1.87. The lowest BCUT2D eigenvalue weighted by molar-refractivity contribution is -0.131. The fourth-order valence-electron chi connectivity index (χ4n) is 2.64. The molecule has 0 saturated carbocycles. The molecule has 0 aromatic heterocycles. The molecule has 1 saturated heterocycles. The Kier molecular flexibility index (Phi) is 2.29. The van der Waals surface area contributed by atoms with Gasteiger partial charge in [0.25, 0.3) is 0 Å². The fourth-order valence-corrected chi connectivity index (χ4v) is 2.64. The van der Waals surface area contributed by atoms with Gasteiger partial charge >= 0.3 is 0 Å². The lowest BCUT2D eigenvalue weighted by atomic mass is 9.70. The summed E-state index contributed by atoms with van der Waals surface area (Å²) in [5.74, 6) is 0.226.